The van der Waals surface area contributed by atoms with Crippen LogP contribution in [0.1, 0.15) is 83.9 Å². The number of carbonyl (C=O) groups excluding carboxylic acids is 4. The number of methoxy groups -OCH3 is 2. The number of aryl methyl sites for hydroxylation is 3. The molecular formula is C44H52N4O7S. The molecule has 1 aromatic heterocycles. The van der Waals surface area contributed by atoms with Gasteiger partial charge in [0.2, 0.25) is 5.91 Å². The summed E-state index contributed by atoms with van der Waals surface area (Å²) < 4.78 is 15.2. The Morgan fingerprint density at radius 1 is 0.786 bits per heavy atom. The Bertz CT molecular complexity index is 1970. The zero-order chi connectivity index (χ0) is 39.4. The van der Waals surface area contributed by atoms with Crippen molar-refractivity contribution in [1.82, 2.24) is 9.80 Å². The quantitative estimate of drug-likeness (QED) is 0.0788. The number of esters is 1. The van der Waals surface area contributed by atoms with Gasteiger partial charge in [0.05, 0.1) is 31.5 Å². The molecule has 6 rings (SSSR count). The van der Waals surface area contributed by atoms with Gasteiger partial charge >= 0.3 is 5.97 Å². The number of hydrogen-bond acceptors (Lipinski definition) is 9. The van der Waals surface area contributed by atoms with E-state index >= 15 is 0 Å². The largest absolute Gasteiger partial charge is 0.465 e. The van der Waals surface area contributed by atoms with E-state index in [1.165, 1.54) is 18.4 Å². The summed E-state index contributed by atoms with van der Waals surface area (Å²) >= 11 is 1.51. The van der Waals surface area contributed by atoms with E-state index in [4.69, 9.17) is 14.2 Å². The Morgan fingerprint density at radius 2 is 1.50 bits per heavy atom. The van der Waals surface area contributed by atoms with Gasteiger partial charge in [-0.1, -0.05) is 36.4 Å². The third kappa shape index (κ3) is 11.1. The lowest BCUT2D eigenvalue weighted by molar-refractivity contribution is -0.135. The monoisotopic (exact) mass is 780 g/mol. The van der Waals surface area contributed by atoms with E-state index in [9.17, 15) is 19.2 Å². The molecule has 3 amide bonds. The molecule has 1 fully saturated rings. The Morgan fingerprint density at radius 3 is 2.20 bits per heavy atom. The molecule has 2 aliphatic carbocycles. The van der Waals surface area contributed by atoms with Crippen molar-refractivity contribution in [1.29, 1.82) is 0 Å². The molecule has 0 saturated heterocycles. The highest BCUT2D eigenvalue weighted by Crippen LogP contribution is 2.39. The highest BCUT2D eigenvalue weighted by molar-refractivity contribution is 7.17. The van der Waals surface area contributed by atoms with Gasteiger partial charge in [-0.15, -0.1) is 11.3 Å². The van der Waals surface area contributed by atoms with Gasteiger partial charge in [0, 0.05) is 56.0 Å². The summed E-state index contributed by atoms with van der Waals surface area (Å²) in [7, 11) is 4.77. The molecule has 56 heavy (non-hydrogen) atoms. The fourth-order valence-corrected chi connectivity index (χ4v) is 8.20. The number of benzene rings is 3. The number of anilines is 2. The number of thiophene rings is 1. The van der Waals surface area contributed by atoms with Crippen LogP contribution in [0.4, 0.5) is 10.7 Å². The Kier molecular flexibility index (Phi) is 14.4. The van der Waals surface area contributed by atoms with Gasteiger partial charge in [0.1, 0.15) is 11.6 Å². The molecule has 4 aromatic rings. The Hall–Kier alpha value is -4.88. The summed E-state index contributed by atoms with van der Waals surface area (Å²) in [4.78, 5) is 57.2. The van der Waals surface area contributed by atoms with Crippen molar-refractivity contribution in [2.24, 2.45) is 0 Å². The molecule has 11 nitrogen and oxygen atoms in total. The third-order valence-electron chi connectivity index (χ3n) is 10.4. The fourth-order valence-electron chi connectivity index (χ4n) is 6.92. The summed E-state index contributed by atoms with van der Waals surface area (Å²) in [5.74, 6) is -0.889. The molecule has 0 radical (unpaired) electrons. The maximum atomic E-state index is 13.9. The first-order valence-corrected chi connectivity index (χ1v) is 20.2. The fraction of sp³-hybridized carbons (Fsp3) is 0.409. The number of amides is 3. The minimum atomic E-state index is -0.350. The summed E-state index contributed by atoms with van der Waals surface area (Å²) in [6, 6.07) is 23.4. The van der Waals surface area contributed by atoms with Crippen LogP contribution in [0.3, 0.4) is 0 Å². The number of fused-ring (bicyclic) bond motifs is 1. The molecule has 296 valence electrons. The van der Waals surface area contributed by atoms with Crippen LogP contribution in [0.25, 0.3) is 0 Å². The predicted molar refractivity (Wildman–Crippen MR) is 219 cm³/mol. The van der Waals surface area contributed by atoms with Gasteiger partial charge in [0.25, 0.3) is 11.8 Å². The van der Waals surface area contributed by atoms with Crippen LogP contribution in [-0.2, 0) is 51.2 Å². The number of likely N-dealkylation sites (N-methyl/N-ethyl adjacent to an activating group) is 1. The molecule has 0 spiro atoms. The molecule has 12 heteroatoms. The van der Waals surface area contributed by atoms with E-state index in [0.29, 0.717) is 59.7 Å². The second-order valence-corrected chi connectivity index (χ2v) is 15.6. The van der Waals surface area contributed by atoms with Crippen molar-refractivity contribution in [2.45, 2.75) is 64.0 Å². The van der Waals surface area contributed by atoms with Crippen LogP contribution in [-0.4, -0.2) is 93.7 Å². The zero-order valence-corrected chi connectivity index (χ0v) is 33.4. The molecule has 0 aliphatic heterocycles. The smallest absolute Gasteiger partial charge is 0.337 e. The van der Waals surface area contributed by atoms with E-state index in [1.54, 1.807) is 31.2 Å². The van der Waals surface area contributed by atoms with Gasteiger partial charge in [0.15, 0.2) is 0 Å². The van der Waals surface area contributed by atoms with Crippen LogP contribution >= 0.6 is 11.3 Å². The van der Waals surface area contributed by atoms with Crippen LogP contribution in [0, 0.1) is 0 Å². The second-order valence-electron chi connectivity index (χ2n) is 14.5. The number of hydrogen-bond donors (Lipinski definition) is 2. The van der Waals surface area contributed by atoms with E-state index in [2.05, 4.69) is 15.5 Å². The number of nitrogens with zero attached hydrogens (tertiary/aromatic N) is 2. The first-order chi connectivity index (χ1) is 27.2. The van der Waals surface area contributed by atoms with Crippen LogP contribution < -0.4 is 10.6 Å². The molecule has 1 saturated carbocycles. The van der Waals surface area contributed by atoms with Gasteiger partial charge in [-0.25, -0.2) is 4.79 Å². The van der Waals surface area contributed by atoms with Gasteiger partial charge in [-0.3, -0.25) is 19.3 Å². The molecule has 1 heterocycles. The number of ether oxygens (including phenoxy) is 3. The number of carbonyl (C=O) groups is 4. The standard InChI is InChI=1S/C44H52N4O7S/c1-47(39(49)29-55-26-25-53-2)23-24-48(36-21-22-36)28-32-7-6-8-34(27-32)41(50)46-43-40(37-9-4-5-10-38(37)56-43)42(51)45-35-19-15-31(16-20-35)12-11-30-13-17-33(18-14-30)44(52)54-3/h6-8,13-20,27,36H,4-5,9-12,21-26,28-29H2,1-3H3,(H,45,51)(H,46,50). The highest BCUT2D eigenvalue weighted by atomic mass is 32.1. The molecular weight excluding hydrogens is 729 g/mol. The Labute approximate surface area is 333 Å². The zero-order valence-electron chi connectivity index (χ0n) is 32.6. The van der Waals surface area contributed by atoms with E-state index in [-0.39, 0.29) is 30.3 Å². The summed E-state index contributed by atoms with van der Waals surface area (Å²) in [5.41, 5.74) is 6.60. The molecule has 0 atom stereocenters. The number of rotatable bonds is 19. The van der Waals surface area contributed by atoms with Crippen LogP contribution in [0.5, 0.6) is 0 Å². The lowest BCUT2D eigenvalue weighted by atomic mass is 9.95. The third-order valence-corrected chi connectivity index (χ3v) is 11.6. The van der Waals surface area contributed by atoms with Gasteiger partial charge in [-0.05, 0) is 110 Å². The van der Waals surface area contributed by atoms with Crippen molar-refractivity contribution in [3.8, 4) is 0 Å². The molecule has 2 aliphatic rings. The molecule has 0 unspecified atom stereocenters. The highest BCUT2D eigenvalue weighted by Gasteiger charge is 2.30. The average Bonchev–Trinajstić information content (AvgIpc) is 4.01. The second kappa shape index (κ2) is 19.8. The summed E-state index contributed by atoms with van der Waals surface area (Å²) in [6.07, 6.45) is 7.61. The predicted octanol–water partition coefficient (Wildman–Crippen LogP) is 6.79. The van der Waals surface area contributed by atoms with Crippen LogP contribution in [0.2, 0.25) is 0 Å². The van der Waals surface area contributed by atoms with Crippen LogP contribution in [0.15, 0.2) is 72.8 Å². The SMILES string of the molecule is COCCOCC(=O)N(C)CCN(Cc1cccc(C(=O)Nc2sc3c(c2C(=O)Nc2ccc(CCc4ccc(C(=O)OC)cc4)cc2)CCCC3)c1)C1CC1. The average molecular weight is 781 g/mol. The lowest BCUT2D eigenvalue weighted by Crippen LogP contribution is -2.38. The van der Waals surface area contributed by atoms with Gasteiger partial charge in [-0.2, -0.15) is 0 Å². The topological polar surface area (TPSA) is 127 Å². The minimum absolute atomic E-state index is 0.0315. The van der Waals surface area contributed by atoms with Crippen molar-refractivity contribution >= 4 is 45.7 Å². The first-order valence-electron chi connectivity index (χ1n) is 19.4. The van der Waals surface area contributed by atoms with E-state index in [1.807, 2.05) is 60.7 Å². The Balaban J connectivity index is 1.07. The summed E-state index contributed by atoms with van der Waals surface area (Å²) in [6.45, 7) is 2.83. The first kappa shape index (κ1) is 40.8. The van der Waals surface area contributed by atoms with Crippen molar-refractivity contribution in [2.75, 3.05) is 64.8 Å². The molecule has 2 N–H and O–H groups in total. The van der Waals surface area contributed by atoms with E-state index in [0.717, 1.165) is 85.0 Å². The number of nitrogens with one attached hydrogen (secondary N) is 2. The molecule has 0 bridgehead atoms. The lowest BCUT2D eigenvalue weighted by Gasteiger charge is -2.26. The summed E-state index contributed by atoms with van der Waals surface area (Å²) in [5, 5.41) is 6.79. The molecule has 3 aromatic carbocycles. The normalized spacial score (nSPS) is 13.6. The maximum absolute atomic E-state index is 13.9. The van der Waals surface area contributed by atoms with Crippen molar-refractivity contribution < 1.29 is 33.4 Å². The van der Waals surface area contributed by atoms with E-state index < -0.39 is 0 Å². The van der Waals surface area contributed by atoms with Crippen molar-refractivity contribution in [3.63, 3.8) is 0 Å². The maximum Gasteiger partial charge on any atom is 0.337 e. The minimum Gasteiger partial charge on any atom is -0.465 e. The van der Waals surface area contributed by atoms with Gasteiger partial charge < -0.3 is 29.7 Å². The van der Waals surface area contributed by atoms with Crippen molar-refractivity contribution in [3.05, 3.63) is 117 Å².